The second-order valence-corrected chi connectivity index (χ2v) is 6.91. The Kier molecular flexibility index (Phi) is 9.06. The molecular formula is C17H28N2O3S. The molecule has 5 nitrogen and oxygen atoms in total. The highest BCUT2D eigenvalue weighted by atomic mass is 32.2. The molecule has 1 rings (SSSR count). The van der Waals surface area contributed by atoms with E-state index in [1.165, 1.54) is 12.2 Å². The zero-order valence-electron chi connectivity index (χ0n) is 14.5. The molecule has 0 aliphatic carbocycles. The standard InChI is InChI=1S/C17H28N2O3S/c1-5-6-7-8-15(13-17(20)19(3)22-4)18-23(21)16-11-9-14(2)10-12-16/h9-12,15,18H,5-8,13H2,1-4H3/t15-,23-/m0/s1. The number of carbonyl (C=O) groups excluding carboxylic acids is 1. The lowest BCUT2D eigenvalue weighted by Gasteiger charge is -2.20. The first-order chi connectivity index (χ1) is 11.0. The molecule has 2 atom stereocenters. The van der Waals surface area contributed by atoms with Crippen LogP contribution in [0.25, 0.3) is 0 Å². The molecule has 1 amide bonds. The molecule has 0 aromatic heterocycles. The molecule has 23 heavy (non-hydrogen) atoms. The molecule has 6 heteroatoms. The van der Waals surface area contributed by atoms with E-state index in [1.54, 1.807) is 7.05 Å². The number of amides is 1. The first kappa shape index (κ1) is 19.8. The Morgan fingerprint density at radius 3 is 2.52 bits per heavy atom. The van der Waals surface area contributed by atoms with Crippen molar-refractivity contribution in [1.29, 1.82) is 0 Å². The van der Waals surface area contributed by atoms with Crippen LogP contribution in [0.15, 0.2) is 29.2 Å². The maximum absolute atomic E-state index is 12.5. The van der Waals surface area contributed by atoms with Gasteiger partial charge in [0.25, 0.3) is 0 Å². The molecule has 0 fully saturated rings. The van der Waals surface area contributed by atoms with E-state index in [9.17, 15) is 9.00 Å². The number of carbonyl (C=O) groups is 1. The Morgan fingerprint density at radius 2 is 1.96 bits per heavy atom. The quantitative estimate of drug-likeness (QED) is 0.526. The Morgan fingerprint density at radius 1 is 1.30 bits per heavy atom. The molecule has 0 aliphatic heterocycles. The van der Waals surface area contributed by atoms with Gasteiger partial charge in [0, 0.05) is 19.5 Å². The van der Waals surface area contributed by atoms with E-state index in [0.717, 1.165) is 36.1 Å². The van der Waals surface area contributed by atoms with Crippen molar-refractivity contribution in [3.05, 3.63) is 29.8 Å². The molecule has 0 bridgehead atoms. The Hall–Kier alpha value is -1.24. The van der Waals surface area contributed by atoms with E-state index in [2.05, 4.69) is 11.6 Å². The van der Waals surface area contributed by atoms with Gasteiger partial charge >= 0.3 is 0 Å². The van der Waals surface area contributed by atoms with Crippen molar-refractivity contribution in [2.75, 3.05) is 14.2 Å². The van der Waals surface area contributed by atoms with Crippen LogP contribution in [0.5, 0.6) is 0 Å². The maximum Gasteiger partial charge on any atom is 0.247 e. The zero-order valence-corrected chi connectivity index (χ0v) is 15.3. The summed E-state index contributed by atoms with van der Waals surface area (Å²) in [4.78, 5) is 17.7. The minimum atomic E-state index is -1.32. The average molecular weight is 340 g/mol. The van der Waals surface area contributed by atoms with Crippen molar-refractivity contribution >= 4 is 16.9 Å². The van der Waals surface area contributed by atoms with Crippen LogP contribution >= 0.6 is 0 Å². The van der Waals surface area contributed by atoms with Gasteiger partial charge in [-0.25, -0.2) is 14.0 Å². The van der Waals surface area contributed by atoms with E-state index in [1.807, 2.05) is 31.2 Å². The summed E-state index contributed by atoms with van der Waals surface area (Å²) in [5.41, 5.74) is 1.13. The highest BCUT2D eigenvalue weighted by molar-refractivity contribution is 7.83. The van der Waals surface area contributed by atoms with Crippen molar-refractivity contribution in [3.63, 3.8) is 0 Å². The average Bonchev–Trinajstić information content (AvgIpc) is 2.54. The number of aryl methyl sites for hydroxylation is 1. The predicted molar refractivity (Wildman–Crippen MR) is 93.0 cm³/mol. The lowest BCUT2D eigenvalue weighted by atomic mass is 10.1. The fourth-order valence-corrected chi connectivity index (χ4v) is 3.19. The summed E-state index contributed by atoms with van der Waals surface area (Å²) in [6.45, 7) is 4.13. The van der Waals surface area contributed by atoms with E-state index in [0.29, 0.717) is 0 Å². The molecule has 1 N–H and O–H groups in total. The van der Waals surface area contributed by atoms with Gasteiger partial charge in [0.15, 0.2) is 0 Å². The summed E-state index contributed by atoms with van der Waals surface area (Å²) in [5.74, 6) is -0.123. The predicted octanol–water partition coefficient (Wildman–Crippen LogP) is 2.97. The SMILES string of the molecule is CCCCC[C@@H](CC(=O)N(C)OC)N[S@@](=O)c1ccc(C)cc1. The van der Waals surface area contributed by atoms with Gasteiger partial charge in [-0.15, -0.1) is 0 Å². The van der Waals surface area contributed by atoms with Gasteiger partial charge in [0.2, 0.25) is 5.91 Å². The van der Waals surface area contributed by atoms with E-state index in [-0.39, 0.29) is 18.4 Å². The highest BCUT2D eigenvalue weighted by Gasteiger charge is 2.19. The van der Waals surface area contributed by atoms with Gasteiger partial charge in [-0.2, -0.15) is 0 Å². The van der Waals surface area contributed by atoms with Gasteiger partial charge in [-0.3, -0.25) is 9.63 Å². The van der Waals surface area contributed by atoms with Crippen LogP contribution in [0.4, 0.5) is 0 Å². The van der Waals surface area contributed by atoms with Crippen LogP contribution in [0.2, 0.25) is 0 Å². The summed E-state index contributed by atoms with van der Waals surface area (Å²) in [7, 11) is 1.73. The van der Waals surface area contributed by atoms with Crippen molar-refractivity contribution in [2.24, 2.45) is 0 Å². The summed E-state index contributed by atoms with van der Waals surface area (Å²) < 4.78 is 15.6. The number of nitrogens with one attached hydrogen (secondary N) is 1. The molecule has 0 radical (unpaired) electrons. The van der Waals surface area contributed by atoms with E-state index < -0.39 is 11.0 Å². The topological polar surface area (TPSA) is 58.6 Å². The highest BCUT2D eigenvalue weighted by Crippen LogP contribution is 2.12. The molecular weight excluding hydrogens is 312 g/mol. The first-order valence-corrected chi connectivity index (χ1v) is 9.18. The summed E-state index contributed by atoms with van der Waals surface area (Å²) in [6, 6.07) is 7.44. The second-order valence-electron chi connectivity index (χ2n) is 5.67. The molecule has 0 heterocycles. The van der Waals surface area contributed by atoms with Crippen LogP contribution in [0.1, 0.15) is 44.6 Å². The Bertz CT molecular complexity index is 505. The van der Waals surface area contributed by atoms with Crippen LogP contribution < -0.4 is 4.72 Å². The molecule has 0 spiro atoms. The van der Waals surface area contributed by atoms with Crippen molar-refractivity contribution < 1.29 is 13.8 Å². The van der Waals surface area contributed by atoms with Gasteiger partial charge in [-0.1, -0.05) is 43.9 Å². The maximum atomic E-state index is 12.5. The number of rotatable bonds is 10. The van der Waals surface area contributed by atoms with Crippen molar-refractivity contribution in [1.82, 2.24) is 9.79 Å². The number of hydrogen-bond acceptors (Lipinski definition) is 3. The largest absolute Gasteiger partial charge is 0.275 e. The fourth-order valence-electron chi connectivity index (χ4n) is 2.17. The lowest BCUT2D eigenvalue weighted by Crippen LogP contribution is -2.37. The third kappa shape index (κ3) is 7.24. The molecule has 130 valence electrons. The van der Waals surface area contributed by atoms with Gasteiger partial charge < -0.3 is 0 Å². The minimum absolute atomic E-state index is 0.123. The van der Waals surface area contributed by atoms with Crippen LogP contribution in [0.3, 0.4) is 0 Å². The summed E-state index contributed by atoms with van der Waals surface area (Å²) in [5, 5.41) is 1.21. The van der Waals surface area contributed by atoms with Crippen LogP contribution in [-0.2, 0) is 20.6 Å². The fraction of sp³-hybridized carbons (Fsp3) is 0.588. The molecule has 0 saturated heterocycles. The smallest absolute Gasteiger partial charge is 0.247 e. The second kappa shape index (κ2) is 10.5. The number of hydrogen-bond donors (Lipinski definition) is 1. The minimum Gasteiger partial charge on any atom is -0.275 e. The van der Waals surface area contributed by atoms with Crippen LogP contribution in [0, 0.1) is 6.92 Å². The van der Waals surface area contributed by atoms with Gasteiger partial charge in [0.1, 0.15) is 11.0 Å². The third-order valence-electron chi connectivity index (χ3n) is 3.71. The molecule has 0 aliphatic rings. The summed E-state index contributed by atoms with van der Waals surface area (Å²) in [6.07, 6.45) is 4.30. The Labute approximate surface area is 141 Å². The lowest BCUT2D eigenvalue weighted by molar-refractivity contribution is -0.169. The normalized spacial score (nSPS) is 13.6. The molecule has 1 aromatic rings. The molecule has 1 aromatic carbocycles. The molecule has 0 unspecified atom stereocenters. The number of benzene rings is 1. The van der Waals surface area contributed by atoms with Gasteiger partial charge in [0.05, 0.1) is 12.0 Å². The first-order valence-electron chi connectivity index (χ1n) is 8.03. The van der Waals surface area contributed by atoms with E-state index in [4.69, 9.17) is 4.84 Å². The number of nitrogens with zero attached hydrogens (tertiary/aromatic N) is 1. The number of hydroxylamine groups is 2. The summed E-state index contributed by atoms with van der Waals surface area (Å²) >= 11 is 0. The monoisotopic (exact) mass is 340 g/mol. The molecule has 0 saturated carbocycles. The Balaban J connectivity index is 2.68. The zero-order chi connectivity index (χ0) is 17.2. The number of unbranched alkanes of at least 4 members (excludes halogenated alkanes) is 2. The van der Waals surface area contributed by atoms with Gasteiger partial charge in [-0.05, 0) is 25.5 Å². The van der Waals surface area contributed by atoms with Crippen LogP contribution in [-0.4, -0.2) is 35.4 Å². The van der Waals surface area contributed by atoms with Crippen molar-refractivity contribution in [2.45, 2.75) is 56.9 Å². The van der Waals surface area contributed by atoms with E-state index >= 15 is 0 Å². The van der Waals surface area contributed by atoms with Crippen molar-refractivity contribution in [3.8, 4) is 0 Å². The third-order valence-corrected chi connectivity index (χ3v) is 4.96.